The second-order valence-electron chi connectivity index (χ2n) is 0.647. The maximum absolute atomic E-state index is 5.20. The lowest BCUT2D eigenvalue weighted by Crippen LogP contribution is -2.10. The summed E-state index contributed by atoms with van der Waals surface area (Å²) >= 11 is 17.3. The van der Waals surface area contributed by atoms with Gasteiger partial charge in [-0.2, -0.15) is 0 Å². The van der Waals surface area contributed by atoms with Crippen molar-refractivity contribution in [2.24, 2.45) is 5.10 Å². The fraction of sp³-hybridized carbons (Fsp3) is 0. The van der Waals surface area contributed by atoms with Gasteiger partial charge in [0.2, 0.25) is 0 Å². The third-order valence-electron chi connectivity index (χ3n) is 0.248. The van der Waals surface area contributed by atoms with E-state index in [-0.39, 0.29) is 0 Å². The predicted octanol–water partition coefficient (Wildman–Crippen LogP) is 2.14. The smallest absolute Gasteiger partial charge is 0.0877 e. The molecule has 0 rings (SSSR count). The molecule has 0 radical (unpaired) electrons. The van der Waals surface area contributed by atoms with Crippen LogP contribution in [0.5, 0.6) is 0 Å². The van der Waals surface area contributed by atoms with Crippen LogP contribution in [0.2, 0.25) is 0 Å². The van der Waals surface area contributed by atoms with E-state index >= 15 is 0 Å². The SMILES string of the molecule is S=C=NN(Cl)N(Cl)Br. The molecule has 0 saturated carbocycles. The Morgan fingerprint density at radius 3 is 2.25 bits per heavy atom. The average molecular weight is 237 g/mol. The van der Waals surface area contributed by atoms with Crippen molar-refractivity contribution in [2.75, 3.05) is 0 Å². The third-order valence-corrected chi connectivity index (χ3v) is 1.26. The van der Waals surface area contributed by atoms with Gasteiger partial charge in [0.15, 0.2) is 0 Å². The monoisotopic (exact) mass is 235 g/mol. The number of rotatable bonds is 2. The number of hydrazone groups is 1. The molecule has 0 saturated heterocycles. The highest BCUT2D eigenvalue weighted by Gasteiger charge is 1.99. The number of hydrazine groups is 1. The molecule has 8 heavy (non-hydrogen) atoms. The van der Waals surface area contributed by atoms with Crippen LogP contribution in [0.4, 0.5) is 0 Å². The van der Waals surface area contributed by atoms with E-state index in [0.29, 0.717) is 0 Å². The van der Waals surface area contributed by atoms with Crippen LogP contribution in [0.1, 0.15) is 0 Å². The van der Waals surface area contributed by atoms with Crippen molar-refractivity contribution in [3.05, 3.63) is 0 Å². The molecule has 0 unspecified atom stereocenters. The summed E-state index contributed by atoms with van der Waals surface area (Å²) in [5.74, 6) is 0. The van der Waals surface area contributed by atoms with Gasteiger partial charge >= 0.3 is 0 Å². The number of nitrogens with zero attached hydrogens (tertiary/aromatic N) is 3. The lowest BCUT2D eigenvalue weighted by molar-refractivity contribution is 0.331. The number of hydrogen-bond acceptors (Lipinski definition) is 4. The highest BCUT2D eigenvalue weighted by molar-refractivity contribution is 9.07. The molecule has 0 amide bonds. The minimum atomic E-state index is 0.745. The zero-order valence-corrected chi connectivity index (χ0v) is 7.30. The van der Waals surface area contributed by atoms with Gasteiger partial charge in [0.05, 0.1) is 33.1 Å². The molecule has 0 aliphatic rings. The Balaban J connectivity index is 3.63. The summed E-state index contributed by atoms with van der Waals surface area (Å²) in [6.07, 6.45) is 0. The van der Waals surface area contributed by atoms with Crippen molar-refractivity contribution in [2.45, 2.75) is 0 Å². The van der Waals surface area contributed by atoms with Crippen LogP contribution in [0.3, 0.4) is 0 Å². The van der Waals surface area contributed by atoms with Crippen LogP contribution in [-0.2, 0) is 0 Å². The molecular formula is CBrCl2N3S. The molecule has 3 nitrogen and oxygen atoms in total. The molecule has 0 spiro atoms. The summed E-state index contributed by atoms with van der Waals surface area (Å²) < 4.78 is 1.59. The molecular weight excluding hydrogens is 237 g/mol. The van der Waals surface area contributed by atoms with Crippen molar-refractivity contribution in [1.29, 1.82) is 0 Å². The largest absolute Gasteiger partial charge is 0.0953 e. The molecule has 46 valence electrons. The van der Waals surface area contributed by atoms with Crippen LogP contribution in [0, 0.1) is 0 Å². The second-order valence-corrected chi connectivity index (χ2v) is 2.53. The van der Waals surface area contributed by atoms with Crippen molar-refractivity contribution in [3.8, 4) is 0 Å². The zero-order chi connectivity index (χ0) is 6.57. The first-order chi connectivity index (χ1) is 3.68. The lowest BCUT2D eigenvalue weighted by Gasteiger charge is -2.07. The predicted molar refractivity (Wildman–Crippen MR) is 39.3 cm³/mol. The molecule has 0 atom stereocenters. The van der Waals surface area contributed by atoms with Crippen LogP contribution < -0.4 is 0 Å². The summed E-state index contributed by atoms with van der Waals surface area (Å²) in [6.45, 7) is 0. The van der Waals surface area contributed by atoms with Crippen LogP contribution in [0.25, 0.3) is 0 Å². The first-order valence-corrected chi connectivity index (χ1v) is 3.13. The van der Waals surface area contributed by atoms with E-state index in [9.17, 15) is 0 Å². The summed E-state index contributed by atoms with van der Waals surface area (Å²) in [5.41, 5.74) is 0. The van der Waals surface area contributed by atoms with Crippen molar-refractivity contribution < 1.29 is 0 Å². The van der Waals surface area contributed by atoms with Gasteiger partial charge in [0.1, 0.15) is 0 Å². The van der Waals surface area contributed by atoms with Crippen LogP contribution >= 0.6 is 51.9 Å². The van der Waals surface area contributed by atoms with Crippen LogP contribution in [0.15, 0.2) is 5.10 Å². The van der Waals surface area contributed by atoms with Gasteiger partial charge in [-0.05, 0) is 15.8 Å². The fourth-order valence-electron chi connectivity index (χ4n) is 0.0675. The Hall–Kier alpha value is 0.620. The Kier molecular flexibility index (Phi) is 4.84. The third kappa shape index (κ3) is 3.60. The quantitative estimate of drug-likeness (QED) is 0.317. The van der Waals surface area contributed by atoms with Crippen molar-refractivity contribution in [3.63, 3.8) is 0 Å². The number of thiocarbonyl (C=S) groups is 1. The Morgan fingerprint density at radius 1 is 1.62 bits per heavy atom. The number of hydrogen-bond donors (Lipinski definition) is 0. The highest BCUT2D eigenvalue weighted by Crippen LogP contribution is 2.10. The van der Waals surface area contributed by atoms with Crippen LogP contribution in [-0.4, -0.2) is 13.4 Å². The van der Waals surface area contributed by atoms with Gasteiger partial charge in [-0.1, -0.05) is 9.74 Å². The first kappa shape index (κ1) is 8.62. The van der Waals surface area contributed by atoms with Crippen molar-refractivity contribution >= 4 is 57.1 Å². The molecule has 0 aromatic heterocycles. The van der Waals surface area contributed by atoms with Gasteiger partial charge in [0.25, 0.3) is 0 Å². The summed E-state index contributed by atoms with van der Waals surface area (Å²) in [7, 11) is 0. The lowest BCUT2D eigenvalue weighted by atomic mass is 11.7. The zero-order valence-electron chi connectivity index (χ0n) is 3.38. The second kappa shape index (κ2) is 4.49. The van der Waals surface area contributed by atoms with Gasteiger partial charge in [-0.15, -0.1) is 0 Å². The van der Waals surface area contributed by atoms with E-state index in [1.54, 1.807) is 0 Å². The molecule has 0 bridgehead atoms. The van der Waals surface area contributed by atoms with E-state index < -0.39 is 0 Å². The normalized spacial score (nSPS) is 8.50. The topological polar surface area (TPSA) is 18.8 Å². The first-order valence-electron chi connectivity index (χ1n) is 1.33. The van der Waals surface area contributed by atoms with Crippen molar-refractivity contribution in [1.82, 2.24) is 8.19 Å². The highest BCUT2D eigenvalue weighted by atomic mass is 79.9. The average Bonchev–Trinajstić information content (AvgIpc) is 1.67. The Labute approximate surface area is 70.4 Å². The number of halogens is 3. The standard InChI is InChI=1S/CBrCl2N3S/c2-6(3)7(4)5-1-8. The van der Waals surface area contributed by atoms with Gasteiger partial charge in [0, 0.05) is 11.8 Å². The van der Waals surface area contributed by atoms with E-state index in [4.69, 9.17) is 23.6 Å². The fourth-order valence-corrected chi connectivity index (χ4v) is 0.332. The van der Waals surface area contributed by atoms with E-state index in [1.165, 1.54) is 0 Å². The number of isothiocyanates is 1. The molecule has 0 aliphatic heterocycles. The van der Waals surface area contributed by atoms with E-state index in [0.717, 1.165) is 8.19 Å². The van der Waals surface area contributed by atoms with Gasteiger partial charge in [-0.25, -0.2) is 0 Å². The Morgan fingerprint density at radius 2 is 2.12 bits per heavy atom. The molecule has 0 fully saturated rings. The molecule has 0 aromatic rings. The summed E-state index contributed by atoms with van der Waals surface area (Å²) in [4.78, 5) is 0. The molecule has 7 heteroatoms. The minimum Gasteiger partial charge on any atom is -0.0953 e. The molecule has 0 N–H and O–H groups in total. The summed E-state index contributed by atoms with van der Waals surface area (Å²) in [5, 5.41) is 5.23. The summed E-state index contributed by atoms with van der Waals surface area (Å²) in [6, 6.07) is 0. The Bertz CT molecular complexity index is 112. The van der Waals surface area contributed by atoms with Gasteiger partial charge in [-0.3, -0.25) is 0 Å². The van der Waals surface area contributed by atoms with E-state index in [2.05, 4.69) is 33.5 Å². The van der Waals surface area contributed by atoms with E-state index in [1.807, 2.05) is 5.16 Å². The minimum absolute atomic E-state index is 0.745. The molecule has 0 aliphatic carbocycles. The maximum atomic E-state index is 5.20. The van der Waals surface area contributed by atoms with Gasteiger partial charge < -0.3 is 0 Å². The maximum Gasteiger partial charge on any atom is 0.0877 e. The molecule has 0 aromatic carbocycles. The molecule has 0 heterocycles.